The lowest BCUT2D eigenvalue weighted by molar-refractivity contribution is -0.117. The average molecular weight is 406 g/mol. The van der Waals surface area contributed by atoms with Gasteiger partial charge in [-0.15, -0.1) is 10.2 Å². The number of piperidine rings is 1. The molecule has 3 N–H and O–H groups in total. The van der Waals surface area contributed by atoms with Crippen LogP contribution in [0, 0.1) is 0 Å². The van der Waals surface area contributed by atoms with Crippen LogP contribution >= 0.6 is 11.3 Å². The van der Waals surface area contributed by atoms with Gasteiger partial charge in [-0.1, -0.05) is 32.1 Å². The van der Waals surface area contributed by atoms with Crippen LogP contribution < -0.4 is 11.1 Å². The van der Waals surface area contributed by atoms with Crippen molar-refractivity contribution in [3.63, 3.8) is 0 Å². The number of likely N-dealkylation sites (tertiary alicyclic amines) is 1. The van der Waals surface area contributed by atoms with Gasteiger partial charge in [0.15, 0.2) is 0 Å². The van der Waals surface area contributed by atoms with Gasteiger partial charge >= 0.3 is 0 Å². The smallest absolute Gasteiger partial charge is 0.252 e. The predicted molar refractivity (Wildman–Crippen MR) is 107 cm³/mol. The number of hydrogen-bond donors (Lipinski definition) is 2. The van der Waals surface area contributed by atoms with Crippen molar-refractivity contribution >= 4 is 28.3 Å². The Kier molecular flexibility index (Phi) is 5.80. The van der Waals surface area contributed by atoms with Crippen molar-refractivity contribution in [2.75, 3.05) is 25.0 Å². The van der Waals surface area contributed by atoms with Gasteiger partial charge in [-0.25, -0.2) is 0 Å². The van der Waals surface area contributed by atoms with E-state index in [1.807, 2.05) is 0 Å². The molecule has 0 unspecified atom stereocenters. The minimum atomic E-state index is -0.469. The maximum atomic E-state index is 12.5. The van der Waals surface area contributed by atoms with Crippen molar-refractivity contribution in [1.29, 1.82) is 0 Å². The molecule has 1 aliphatic rings. The summed E-state index contributed by atoms with van der Waals surface area (Å²) in [5.41, 5.74) is 6.57. The summed E-state index contributed by atoms with van der Waals surface area (Å²) in [5, 5.41) is 16.9. The Bertz CT molecular complexity index is 868. The number of carbonyl (C=O) groups is 2. The number of nitrogens with two attached hydrogens (primary N) is 1. The fraction of sp³-hybridized carbons (Fsp3) is 0.611. The molecule has 0 bridgehead atoms. The highest BCUT2D eigenvalue weighted by atomic mass is 32.1. The molecule has 3 rings (SSSR count). The van der Waals surface area contributed by atoms with Crippen molar-refractivity contribution in [2.45, 2.75) is 44.9 Å². The fourth-order valence-corrected chi connectivity index (χ4v) is 4.18. The SMILES string of the molecule is Cn1cc(C(N)=O)c([C@H]2CCCN(CC(=O)Nc3nnc(C(C)(C)C)s3)C2)n1. The molecule has 2 amide bonds. The van der Waals surface area contributed by atoms with E-state index in [4.69, 9.17) is 5.73 Å². The molecule has 1 fully saturated rings. The maximum Gasteiger partial charge on any atom is 0.252 e. The highest BCUT2D eigenvalue weighted by Gasteiger charge is 2.28. The minimum Gasteiger partial charge on any atom is -0.365 e. The van der Waals surface area contributed by atoms with Crippen molar-refractivity contribution in [2.24, 2.45) is 12.8 Å². The maximum absolute atomic E-state index is 12.5. The highest BCUT2D eigenvalue weighted by Crippen LogP contribution is 2.29. The summed E-state index contributed by atoms with van der Waals surface area (Å²) in [4.78, 5) is 26.2. The van der Waals surface area contributed by atoms with Crippen LogP contribution in [0.4, 0.5) is 5.13 Å². The van der Waals surface area contributed by atoms with E-state index in [1.165, 1.54) is 11.3 Å². The Morgan fingerprint density at radius 2 is 2.11 bits per heavy atom. The van der Waals surface area contributed by atoms with Crippen molar-refractivity contribution in [1.82, 2.24) is 24.9 Å². The number of anilines is 1. The van der Waals surface area contributed by atoms with Gasteiger partial charge in [0, 0.05) is 31.1 Å². The third-order valence-electron chi connectivity index (χ3n) is 4.70. The standard InChI is InChI=1S/C18H27N7O2S/c1-18(2,3)16-21-22-17(28-16)20-13(26)10-25-7-5-6-11(8-25)14-12(15(19)27)9-24(4)23-14/h9,11H,5-8,10H2,1-4H3,(H2,19,27)(H,20,22,26)/t11-/m0/s1. The lowest BCUT2D eigenvalue weighted by Crippen LogP contribution is -2.40. The van der Waals surface area contributed by atoms with E-state index < -0.39 is 5.91 Å². The van der Waals surface area contributed by atoms with Crippen molar-refractivity contribution in [3.8, 4) is 0 Å². The number of aryl methyl sites for hydroxylation is 1. The Labute approximate surface area is 168 Å². The number of amides is 2. The molecule has 10 heteroatoms. The Balaban J connectivity index is 1.61. The molecular formula is C18H27N7O2S. The summed E-state index contributed by atoms with van der Waals surface area (Å²) in [6.45, 7) is 7.93. The number of hydrogen-bond acceptors (Lipinski definition) is 7. The van der Waals surface area contributed by atoms with Gasteiger partial charge in [-0.2, -0.15) is 5.10 Å². The fourth-order valence-electron chi connectivity index (χ4n) is 3.36. The van der Waals surface area contributed by atoms with Gasteiger partial charge < -0.3 is 5.73 Å². The normalized spacial score (nSPS) is 18.2. The molecule has 1 atom stereocenters. The van der Waals surface area contributed by atoms with Crippen LogP contribution in [0.15, 0.2) is 6.20 Å². The van der Waals surface area contributed by atoms with Crippen LogP contribution in [-0.2, 0) is 17.3 Å². The molecule has 9 nitrogen and oxygen atoms in total. The summed E-state index contributed by atoms with van der Waals surface area (Å²) in [6, 6.07) is 0. The van der Waals surface area contributed by atoms with E-state index in [1.54, 1.807) is 17.9 Å². The Morgan fingerprint density at radius 3 is 2.75 bits per heavy atom. The highest BCUT2D eigenvalue weighted by molar-refractivity contribution is 7.15. The largest absolute Gasteiger partial charge is 0.365 e. The molecule has 2 aromatic heterocycles. The molecular weight excluding hydrogens is 378 g/mol. The van der Waals surface area contributed by atoms with Crippen molar-refractivity contribution < 1.29 is 9.59 Å². The molecule has 0 radical (unpaired) electrons. The first-order chi connectivity index (χ1) is 13.1. The van der Waals surface area contributed by atoms with Gasteiger partial charge in [-0.3, -0.25) is 24.5 Å². The lowest BCUT2D eigenvalue weighted by Gasteiger charge is -2.31. The van der Waals surface area contributed by atoms with E-state index in [0.29, 0.717) is 17.2 Å². The summed E-state index contributed by atoms with van der Waals surface area (Å²) in [7, 11) is 1.78. The van der Waals surface area contributed by atoms with Crippen LogP contribution in [0.25, 0.3) is 0 Å². The lowest BCUT2D eigenvalue weighted by atomic mass is 9.92. The Hall–Kier alpha value is -2.33. The predicted octanol–water partition coefficient (Wildman–Crippen LogP) is 1.49. The van der Waals surface area contributed by atoms with Crippen LogP contribution in [0.5, 0.6) is 0 Å². The first-order valence-corrected chi connectivity index (χ1v) is 10.1. The van der Waals surface area contributed by atoms with Crippen molar-refractivity contribution in [3.05, 3.63) is 22.5 Å². The average Bonchev–Trinajstić information content (AvgIpc) is 3.21. The van der Waals surface area contributed by atoms with Gasteiger partial charge in [-0.05, 0) is 19.4 Å². The zero-order valence-electron chi connectivity index (χ0n) is 16.7. The first kappa shape index (κ1) is 20.4. The summed E-state index contributed by atoms with van der Waals surface area (Å²) >= 11 is 1.40. The van der Waals surface area contributed by atoms with Crippen LogP contribution in [0.2, 0.25) is 0 Å². The summed E-state index contributed by atoms with van der Waals surface area (Å²) < 4.78 is 1.61. The number of carbonyl (C=O) groups excluding carboxylic acids is 2. The molecule has 3 heterocycles. The summed E-state index contributed by atoms with van der Waals surface area (Å²) in [6.07, 6.45) is 3.51. The van der Waals surface area contributed by atoms with E-state index in [0.717, 1.165) is 30.1 Å². The quantitative estimate of drug-likeness (QED) is 0.778. The van der Waals surface area contributed by atoms with E-state index in [9.17, 15) is 9.59 Å². The molecule has 1 saturated heterocycles. The third-order valence-corrected chi connectivity index (χ3v) is 5.96. The Morgan fingerprint density at radius 1 is 1.36 bits per heavy atom. The second kappa shape index (κ2) is 7.96. The zero-order valence-corrected chi connectivity index (χ0v) is 17.5. The number of aromatic nitrogens is 4. The van der Waals surface area contributed by atoms with Crippen LogP contribution in [-0.4, -0.2) is 56.3 Å². The number of nitrogens with zero attached hydrogens (tertiary/aromatic N) is 5. The molecule has 1 aliphatic heterocycles. The molecule has 2 aromatic rings. The second-order valence-electron chi connectivity index (χ2n) is 8.25. The molecule has 0 aromatic carbocycles. The first-order valence-electron chi connectivity index (χ1n) is 9.33. The number of nitrogens with one attached hydrogen (secondary N) is 1. The van der Waals surface area contributed by atoms with Crippen LogP contribution in [0.3, 0.4) is 0 Å². The van der Waals surface area contributed by atoms with E-state index in [2.05, 4.69) is 46.3 Å². The van der Waals surface area contributed by atoms with Gasteiger partial charge in [0.2, 0.25) is 11.0 Å². The minimum absolute atomic E-state index is 0.0827. The topological polar surface area (TPSA) is 119 Å². The monoisotopic (exact) mass is 405 g/mol. The zero-order chi connectivity index (χ0) is 20.5. The molecule has 0 aliphatic carbocycles. The molecule has 152 valence electrons. The molecule has 0 spiro atoms. The third kappa shape index (κ3) is 4.74. The van der Waals surface area contributed by atoms with Gasteiger partial charge in [0.25, 0.3) is 5.91 Å². The van der Waals surface area contributed by atoms with E-state index >= 15 is 0 Å². The molecule has 0 saturated carbocycles. The number of primary amides is 1. The number of rotatable bonds is 5. The second-order valence-corrected chi connectivity index (χ2v) is 9.23. The van der Waals surface area contributed by atoms with E-state index in [-0.39, 0.29) is 23.8 Å². The summed E-state index contributed by atoms with van der Waals surface area (Å²) in [5.74, 6) is -0.503. The molecule has 28 heavy (non-hydrogen) atoms. The van der Waals surface area contributed by atoms with Gasteiger partial charge in [0.1, 0.15) is 5.01 Å². The van der Waals surface area contributed by atoms with Crippen LogP contribution in [0.1, 0.15) is 60.6 Å². The van der Waals surface area contributed by atoms with Gasteiger partial charge in [0.05, 0.1) is 17.8 Å².